The number of nitrogens with one attached hydrogen (secondary N) is 1. The molecule has 1 N–H and O–H groups in total. The lowest BCUT2D eigenvalue weighted by atomic mass is 10.1. The third kappa shape index (κ3) is 3.41. The molecular weight excluding hydrogens is 248 g/mol. The lowest BCUT2D eigenvalue weighted by Gasteiger charge is -2.20. The van der Waals surface area contributed by atoms with E-state index in [1.165, 1.54) is 51.4 Å². The Bertz CT molecular complexity index is 432. The lowest BCUT2D eigenvalue weighted by Crippen LogP contribution is -2.23. The monoisotopic (exact) mass is 274 g/mol. The van der Waals surface area contributed by atoms with Crippen LogP contribution in [0.5, 0.6) is 0 Å². The number of nitrogens with zero attached hydrogens (tertiary/aromatic N) is 3. The van der Waals surface area contributed by atoms with Crippen LogP contribution in [0.25, 0.3) is 0 Å². The Morgan fingerprint density at radius 1 is 1.00 bits per heavy atom. The summed E-state index contributed by atoms with van der Waals surface area (Å²) in [6, 6.07) is 2.68. The largest absolute Gasteiger partial charge is 0.356 e. The van der Waals surface area contributed by atoms with Crippen LogP contribution in [-0.4, -0.2) is 29.1 Å². The van der Waals surface area contributed by atoms with Crippen molar-refractivity contribution in [3.8, 4) is 0 Å². The molecule has 4 heteroatoms. The molecule has 110 valence electrons. The Morgan fingerprint density at radius 2 is 1.70 bits per heavy atom. The molecule has 2 fully saturated rings. The van der Waals surface area contributed by atoms with Crippen molar-refractivity contribution >= 4 is 11.8 Å². The SMILES string of the molecule is Cc1cc(N2CCCC2)nc(NC2CCCCCC2)n1. The fraction of sp³-hybridized carbons (Fsp3) is 0.750. The summed E-state index contributed by atoms with van der Waals surface area (Å²) in [6.07, 6.45) is 10.5. The summed E-state index contributed by atoms with van der Waals surface area (Å²) >= 11 is 0. The molecule has 1 aromatic rings. The van der Waals surface area contributed by atoms with Gasteiger partial charge in [0.05, 0.1) is 0 Å². The third-order valence-corrected chi connectivity index (χ3v) is 4.46. The predicted molar refractivity (Wildman–Crippen MR) is 83.3 cm³/mol. The number of anilines is 2. The van der Waals surface area contributed by atoms with E-state index in [-0.39, 0.29) is 0 Å². The summed E-state index contributed by atoms with van der Waals surface area (Å²) < 4.78 is 0. The van der Waals surface area contributed by atoms with Gasteiger partial charge in [0.15, 0.2) is 0 Å². The van der Waals surface area contributed by atoms with Crippen LogP contribution in [-0.2, 0) is 0 Å². The van der Waals surface area contributed by atoms with Gasteiger partial charge in [-0.2, -0.15) is 4.98 Å². The molecule has 0 aromatic carbocycles. The molecule has 1 saturated heterocycles. The van der Waals surface area contributed by atoms with E-state index >= 15 is 0 Å². The van der Waals surface area contributed by atoms with Crippen LogP contribution in [0.3, 0.4) is 0 Å². The summed E-state index contributed by atoms with van der Waals surface area (Å²) in [7, 11) is 0. The maximum Gasteiger partial charge on any atom is 0.225 e. The van der Waals surface area contributed by atoms with E-state index in [0.717, 1.165) is 30.5 Å². The summed E-state index contributed by atoms with van der Waals surface area (Å²) in [5.74, 6) is 1.94. The van der Waals surface area contributed by atoms with Gasteiger partial charge in [-0.3, -0.25) is 0 Å². The lowest BCUT2D eigenvalue weighted by molar-refractivity contribution is 0.614. The van der Waals surface area contributed by atoms with Crippen molar-refractivity contribution in [3.63, 3.8) is 0 Å². The van der Waals surface area contributed by atoms with Gasteiger partial charge in [-0.25, -0.2) is 4.98 Å². The van der Waals surface area contributed by atoms with Crippen LogP contribution in [0, 0.1) is 6.92 Å². The molecule has 0 atom stereocenters. The second-order valence-electron chi connectivity index (χ2n) is 6.22. The van der Waals surface area contributed by atoms with Crippen molar-refractivity contribution in [2.75, 3.05) is 23.3 Å². The topological polar surface area (TPSA) is 41.1 Å². The fourth-order valence-corrected chi connectivity index (χ4v) is 3.33. The minimum Gasteiger partial charge on any atom is -0.356 e. The first kappa shape index (κ1) is 13.7. The standard InChI is InChI=1S/C16H26N4/c1-13-12-15(20-10-6-7-11-20)19-16(17-13)18-14-8-4-2-3-5-9-14/h12,14H,2-11H2,1H3,(H,17,18,19). The predicted octanol–water partition coefficient (Wildman–Crippen LogP) is 3.52. The normalized spacial score (nSPS) is 20.9. The maximum absolute atomic E-state index is 4.74. The van der Waals surface area contributed by atoms with Crippen LogP contribution in [0.4, 0.5) is 11.8 Å². The smallest absolute Gasteiger partial charge is 0.225 e. The molecule has 0 bridgehead atoms. The summed E-state index contributed by atoms with van der Waals surface area (Å²) in [5, 5.41) is 3.58. The molecule has 2 heterocycles. The van der Waals surface area contributed by atoms with Crippen molar-refractivity contribution in [2.45, 2.75) is 64.3 Å². The van der Waals surface area contributed by atoms with Crippen molar-refractivity contribution in [2.24, 2.45) is 0 Å². The van der Waals surface area contributed by atoms with Crippen LogP contribution >= 0.6 is 0 Å². The number of hydrogen-bond donors (Lipinski definition) is 1. The second kappa shape index (κ2) is 6.42. The highest BCUT2D eigenvalue weighted by atomic mass is 15.2. The van der Waals surface area contributed by atoms with Gasteiger partial charge in [-0.05, 0) is 32.6 Å². The second-order valence-corrected chi connectivity index (χ2v) is 6.22. The van der Waals surface area contributed by atoms with Gasteiger partial charge in [-0.15, -0.1) is 0 Å². The van der Waals surface area contributed by atoms with Crippen LogP contribution in [0.1, 0.15) is 57.1 Å². The third-order valence-electron chi connectivity index (χ3n) is 4.46. The minimum absolute atomic E-state index is 0.561. The van der Waals surface area contributed by atoms with Crippen LogP contribution in [0.15, 0.2) is 6.07 Å². The molecule has 3 rings (SSSR count). The first-order valence-electron chi connectivity index (χ1n) is 8.18. The van der Waals surface area contributed by atoms with Crippen molar-refractivity contribution in [1.29, 1.82) is 0 Å². The average molecular weight is 274 g/mol. The zero-order valence-corrected chi connectivity index (χ0v) is 12.6. The van der Waals surface area contributed by atoms with E-state index in [4.69, 9.17) is 4.98 Å². The molecule has 1 saturated carbocycles. The minimum atomic E-state index is 0.561. The summed E-state index contributed by atoms with van der Waals surface area (Å²) in [4.78, 5) is 11.7. The Kier molecular flexibility index (Phi) is 4.38. The average Bonchev–Trinajstić information content (AvgIpc) is 2.85. The molecule has 0 unspecified atom stereocenters. The van der Waals surface area contributed by atoms with Gasteiger partial charge in [0.25, 0.3) is 0 Å². The van der Waals surface area contributed by atoms with Gasteiger partial charge in [0.2, 0.25) is 5.95 Å². The van der Waals surface area contributed by atoms with Crippen LogP contribution in [0.2, 0.25) is 0 Å². The molecule has 1 aromatic heterocycles. The van der Waals surface area contributed by atoms with E-state index < -0.39 is 0 Å². The van der Waals surface area contributed by atoms with Gasteiger partial charge < -0.3 is 10.2 Å². The molecule has 1 aliphatic heterocycles. The van der Waals surface area contributed by atoms with E-state index in [1.54, 1.807) is 0 Å². The van der Waals surface area contributed by atoms with Gasteiger partial charge in [0, 0.05) is 30.9 Å². The summed E-state index contributed by atoms with van der Waals surface area (Å²) in [5.41, 5.74) is 1.07. The molecule has 0 spiro atoms. The molecule has 20 heavy (non-hydrogen) atoms. The summed E-state index contributed by atoms with van der Waals surface area (Å²) in [6.45, 7) is 4.35. The zero-order chi connectivity index (χ0) is 13.8. The molecule has 2 aliphatic rings. The van der Waals surface area contributed by atoms with E-state index in [9.17, 15) is 0 Å². The Labute approximate surface area is 122 Å². The van der Waals surface area contributed by atoms with Gasteiger partial charge in [-0.1, -0.05) is 25.7 Å². The number of aryl methyl sites for hydroxylation is 1. The Balaban J connectivity index is 1.71. The Morgan fingerprint density at radius 3 is 2.40 bits per heavy atom. The maximum atomic E-state index is 4.74. The molecular formula is C16H26N4. The quantitative estimate of drug-likeness (QED) is 0.856. The highest BCUT2D eigenvalue weighted by Crippen LogP contribution is 2.23. The van der Waals surface area contributed by atoms with E-state index in [2.05, 4.69) is 28.2 Å². The first-order chi connectivity index (χ1) is 9.81. The number of hydrogen-bond acceptors (Lipinski definition) is 4. The first-order valence-corrected chi connectivity index (χ1v) is 8.18. The molecule has 0 radical (unpaired) electrons. The molecule has 4 nitrogen and oxygen atoms in total. The van der Waals surface area contributed by atoms with E-state index in [0.29, 0.717) is 6.04 Å². The number of rotatable bonds is 3. The van der Waals surface area contributed by atoms with Crippen LogP contribution < -0.4 is 10.2 Å². The van der Waals surface area contributed by atoms with Gasteiger partial charge >= 0.3 is 0 Å². The van der Waals surface area contributed by atoms with Crippen molar-refractivity contribution in [1.82, 2.24) is 9.97 Å². The molecule has 0 amide bonds. The zero-order valence-electron chi connectivity index (χ0n) is 12.6. The van der Waals surface area contributed by atoms with Crippen molar-refractivity contribution < 1.29 is 0 Å². The molecule has 1 aliphatic carbocycles. The van der Waals surface area contributed by atoms with Crippen molar-refractivity contribution in [3.05, 3.63) is 11.8 Å². The van der Waals surface area contributed by atoms with E-state index in [1.807, 2.05) is 0 Å². The van der Waals surface area contributed by atoms with Gasteiger partial charge in [0.1, 0.15) is 5.82 Å². The Hall–Kier alpha value is -1.32. The highest BCUT2D eigenvalue weighted by molar-refractivity contribution is 5.45. The highest BCUT2D eigenvalue weighted by Gasteiger charge is 2.17. The fourth-order valence-electron chi connectivity index (χ4n) is 3.33. The number of aromatic nitrogens is 2.